The molecule has 3 aromatic rings. The highest BCUT2D eigenvalue weighted by atomic mass is 16.1. The van der Waals surface area contributed by atoms with Gasteiger partial charge in [-0.2, -0.15) is 5.10 Å². The summed E-state index contributed by atoms with van der Waals surface area (Å²) >= 11 is 0. The molecule has 0 fully saturated rings. The van der Waals surface area contributed by atoms with E-state index in [-0.39, 0.29) is 5.78 Å². The third-order valence-electron chi connectivity index (χ3n) is 5.58. The molecule has 1 aliphatic rings. The number of carbonyl (C=O) groups is 1. The first-order valence-corrected chi connectivity index (χ1v) is 11.3. The van der Waals surface area contributed by atoms with Gasteiger partial charge >= 0.3 is 0 Å². The summed E-state index contributed by atoms with van der Waals surface area (Å²) in [7, 11) is 1.93. The van der Waals surface area contributed by atoms with Crippen LogP contribution in [0.3, 0.4) is 0 Å². The summed E-state index contributed by atoms with van der Waals surface area (Å²) in [4.78, 5) is 17.1. The fraction of sp³-hybridized carbons (Fsp3) is 0.250. The highest BCUT2D eigenvalue weighted by Gasteiger charge is 2.11. The largest absolute Gasteiger partial charge is 0.316 e. The third-order valence-corrected chi connectivity index (χ3v) is 5.58. The van der Waals surface area contributed by atoms with Crippen LogP contribution in [0.2, 0.25) is 0 Å². The highest BCUT2D eigenvalue weighted by Crippen LogP contribution is 2.19. The molecule has 2 heterocycles. The minimum absolute atomic E-state index is 0.149. The van der Waals surface area contributed by atoms with Gasteiger partial charge in [-0.15, -0.1) is 0 Å². The molecule has 0 unspecified atom stereocenters. The van der Waals surface area contributed by atoms with Gasteiger partial charge in [0, 0.05) is 42.7 Å². The van der Waals surface area contributed by atoms with Gasteiger partial charge in [0.1, 0.15) is 0 Å². The lowest BCUT2D eigenvalue weighted by atomic mass is 10.00. The Balaban J connectivity index is 1.50. The number of ketones is 1. The molecule has 0 bridgehead atoms. The topological polar surface area (TPSA) is 59.3 Å². The molecule has 1 aromatic heterocycles. The molecule has 1 N–H and O–H groups in total. The maximum absolute atomic E-state index is 12.8. The van der Waals surface area contributed by atoms with E-state index in [1.54, 1.807) is 10.9 Å². The Hall–Kier alpha value is -3.75. The van der Waals surface area contributed by atoms with Gasteiger partial charge in [-0.25, -0.2) is 4.68 Å². The van der Waals surface area contributed by atoms with Crippen molar-refractivity contribution in [3.05, 3.63) is 94.8 Å². The third kappa shape index (κ3) is 6.15. The standard InChI is InChI=1S/C28H28N4O/c1-29-20-24-9-7-22(8-10-24)11-12-25-19-26(13-14-27(25)32-18-4-16-31-32)28(33)6-3-2-5-23-15-17-30-21-23/h4,7-10,13-16,18-19,21,29H,2-3,5-6,17,20H2,1H3. The van der Waals surface area contributed by atoms with E-state index in [0.717, 1.165) is 49.2 Å². The van der Waals surface area contributed by atoms with Gasteiger partial charge < -0.3 is 5.32 Å². The van der Waals surface area contributed by atoms with E-state index >= 15 is 0 Å². The molecule has 1 aliphatic heterocycles. The van der Waals surface area contributed by atoms with E-state index in [4.69, 9.17) is 0 Å². The summed E-state index contributed by atoms with van der Waals surface area (Å²) in [5.41, 5.74) is 5.77. The van der Waals surface area contributed by atoms with Crippen LogP contribution in [-0.2, 0) is 6.54 Å². The Morgan fingerprint density at radius 2 is 2.00 bits per heavy atom. The van der Waals surface area contributed by atoms with Gasteiger partial charge in [0.2, 0.25) is 0 Å². The molecule has 0 radical (unpaired) electrons. The number of allylic oxidation sites excluding steroid dienone is 1. The maximum Gasteiger partial charge on any atom is 0.162 e. The maximum atomic E-state index is 12.8. The molecule has 0 saturated carbocycles. The summed E-state index contributed by atoms with van der Waals surface area (Å²) in [6.45, 7) is 1.62. The zero-order valence-corrected chi connectivity index (χ0v) is 18.9. The molecule has 0 spiro atoms. The van der Waals surface area contributed by atoms with Crippen LogP contribution in [0.5, 0.6) is 0 Å². The average Bonchev–Trinajstić information content (AvgIpc) is 3.56. The second-order valence-electron chi connectivity index (χ2n) is 8.06. The number of nitrogens with one attached hydrogen (secondary N) is 1. The smallest absolute Gasteiger partial charge is 0.162 e. The van der Waals surface area contributed by atoms with E-state index in [2.05, 4.69) is 45.5 Å². The number of aromatic nitrogens is 2. The molecular formula is C28H28N4O. The van der Waals surface area contributed by atoms with Gasteiger partial charge in [0.25, 0.3) is 0 Å². The Morgan fingerprint density at radius 1 is 1.12 bits per heavy atom. The molecule has 0 atom stereocenters. The van der Waals surface area contributed by atoms with Crippen molar-refractivity contribution in [2.45, 2.75) is 32.2 Å². The summed E-state index contributed by atoms with van der Waals surface area (Å²) in [5, 5.41) is 7.50. The van der Waals surface area contributed by atoms with E-state index in [0.29, 0.717) is 12.0 Å². The fourth-order valence-corrected chi connectivity index (χ4v) is 3.79. The Labute approximate surface area is 195 Å². The molecule has 0 amide bonds. The molecular weight excluding hydrogens is 408 g/mol. The summed E-state index contributed by atoms with van der Waals surface area (Å²) in [6.07, 6.45) is 11.1. The van der Waals surface area contributed by atoms with Crippen LogP contribution in [0.4, 0.5) is 0 Å². The first kappa shape index (κ1) is 22.4. The van der Waals surface area contributed by atoms with Gasteiger partial charge in [0.15, 0.2) is 5.78 Å². The number of aliphatic imine (C=N–C) groups is 1. The predicted octanol–water partition coefficient (Wildman–Crippen LogP) is 4.75. The molecule has 2 aromatic carbocycles. The van der Waals surface area contributed by atoms with Crippen molar-refractivity contribution in [3.63, 3.8) is 0 Å². The van der Waals surface area contributed by atoms with Crippen molar-refractivity contribution in [2.75, 3.05) is 13.6 Å². The molecule has 0 saturated heterocycles. The van der Waals surface area contributed by atoms with Crippen LogP contribution < -0.4 is 5.32 Å². The number of unbranched alkanes of at least 4 members (excludes halogenated alkanes) is 1. The van der Waals surface area contributed by atoms with Crippen LogP contribution in [0.25, 0.3) is 5.69 Å². The van der Waals surface area contributed by atoms with Crippen molar-refractivity contribution in [3.8, 4) is 17.5 Å². The molecule has 0 aliphatic carbocycles. The van der Waals surface area contributed by atoms with Gasteiger partial charge in [-0.1, -0.05) is 30.0 Å². The normalized spacial score (nSPS) is 12.3. The molecule has 4 rings (SSSR count). The summed E-state index contributed by atoms with van der Waals surface area (Å²) in [6, 6.07) is 15.8. The number of hydrogen-bond acceptors (Lipinski definition) is 4. The van der Waals surface area contributed by atoms with Crippen molar-refractivity contribution in [2.24, 2.45) is 4.99 Å². The van der Waals surface area contributed by atoms with Crippen LogP contribution in [0.1, 0.15) is 52.7 Å². The SMILES string of the molecule is CNCc1ccc(C#Cc2cc(C(=O)CCCCC3=CCN=C3)ccc2-n2cccn2)cc1. The molecule has 5 nitrogen and oxygen atoms in total. The van der Waals surface area contributed by atoms with Gasteiger partial charge in [-0.3, -0.25) is 9.79 Å². The fourth-order valence-electron chi connectivity index (χ4n) is 3.79. The lowest BCUT2D eigenvalue weighted by Gasteiger charge is -2.08. The number of Topliss-reactive ketones (excluding diaryl/α,β-unsaturated/α-hetero) is 1. The number of rotatable bonds is 9. The van der Waals surface area contributed by atoms with E-state index in [1.807, 2.05) is 55.9 Å². The Bertz CT molecular complexity index is 1210. The second-order valence-corrected chi connectivity index (χ2v) is 8.06. The number of carbonyl (C=O) groups excluding carboxylic acids is 1. The summed E-state index contributed by atoms with van der Waals surface area (Å²) < 4.78 is 1.78. The van der Waals surface area contributed by atoms with Gasteiger partial charge in [-0.05, 0) is 73.8 Å². The number of nitrogens with zero attached hydrogens (tertiary/aromatic N) is 3. The van der Waals surface area contributed by atoms with E-state index in [9.17, 15) is 4.79 Å². The van der Waals surface area contributed by atoms with Crippen LogP contribution in [-0.4, -0.2) is 35.4 Å². The molecule has 33 heavy (non-hydrogen) atoms. The highest BCUT2D eigenvalue weighted by molar-refractivity contribution is 5.96. The minimum atomic E-state index is 0.149. The second kappa shape index (κ2) is 11.2. The van der Waals surface area contributed by atoms with E-state index < -0.39 is 0 Å². The summed E-state index contributed by atoms with van der Waals surface area (Å²) in [5.74, 6) is 6.66. The molecule has 166 valence electrons. The first-order chi connectivity index (χ1) is 16.2. The van der Waals surface area contributed by atoms with Crippen molar-refractivity contribution < 1.29 is 4.79 Å². The zero-order chi connectivity index (χ0) is 22.9. The lowest BCUT2D eigenvalue weighted by molar-refractivity contribution is 0.0979. The van der Waals surface area contributed by atoms with Crippen LogP contribution >= 0.6 is 0 Å². The molecule has 5 heteroatoms. The number of hydrogen-bond donors (Lipinski definition) is 1. The monoisotopic (exact) mass is 436 g/mol. The lowest BCUT2D eigenvalue weighted by Crippen LogP contribution is -2.04. The van der Waals surface area contributed by atoms with Crippen molar-refractivity contribution in [1.29, 1.82) is 0 Å². The van der Waals surface area contributed by atoms with Crippen LogP contribution in [0, 0.1) is 11.8 Å². The zero-order valence-electron chi connectivity index (χ0n) is 18.9. The van der Waals surface area contributed by atoms with Gasteiger partial charge in [0.05, 0.1) is 17.8 Å². The average molecular weight is 437 g/mol. The Kier molecular flexibility index (Phi) is 7.63. The Morgan fingerprint density at radius 3 is 2.73 bits per heavy atom. The van der Waals surface area contributed by atoms with E-state index in [1.165, 1.54) is 11.1 Å². The first-order valence-electron chi connectivity index (χ1n) is 11.3. The van der Waals surface area contributed by atoms with Crippen LogP contribution in [0.15, 0.2) is 77.6 Å². The minimum Gasteiger partial charge on any atom is -0.316 e. The predicted molar refractivity (Wildman–Crippen MR) is 133 cm³/mol. The number of benzene rings is 2. The quantitative estimate of drug-likeness (QED) is 0.299. The van der Waals surface area contributed by atoms with Crippen molar-refractivity contribution in [1.82, 2.24) is 15.1 Å². The van der Waals surface area contributed by atoms with Crippen molar-refractivity contribution >= 4 is 12.0 Å².